The molecule has 0 radical (unpaired) electrons. The Hall–Kier alpha value is -1.57. The van der Waals surface area contributed by atoms with Gasteiger partial charge in [-0.05, 0) is 12.1 Å². The third-order valence-electron chi connectivity index (χ3n) is 1.92. The lowest BCUT2D eigenvalue weighted by Crippen LogP contribution is -1.74. The van der Waals surface area contributed by atoms with Gasteiger partial charge in [-0.1, -0.05) is 25.1 Å². The fourth-order valence-corrected chi connectivity index (χ4v) is 1.19. The Balaban J connectivity index is 2.36. The number of hydrogen-bond donors (Lipinski definition) is 0. The first-order valence-corrected chi connectivity index (χ1v) is 4.40. The molecule has 13 heavy (non-hydrogen) atoms. The Morgan fingerprint density at radius 2 is 2.00 bits per heavy atom. The zero-order valence-corrected chi connectivity index (χ0v) is 7.53. The molecular weight excluding hydrogens is 162 g/mol. The van der Waals surface area contributed by atoms with Gasteiger partial charge >= 0.3 is 0 Å². The van der Waals surface area contributed by atoms with E-state index in [0.29, 0.717) is 5.89 Å². The van der Waals surface area contributed by atoms with Gasteiger partial charge in [0.25, 0.3) is 0 Å². The molecule has 0 aliphatic carbocycles. The van der Waals surface area contributed by atoms with E-state index in [1.165, 1.54) is 0 Å². The maximum Gasteiger partial charge on any atom is 0.226 e. The summed E-state index contributed by atoms with van der Waals surface area (Å²) in [5.74, 6) is 1.64. The van der Waals surface area contributed by atoms with Crippen molar-refractivity contribution in [2.24, 2.45) is 0 Å². The average molecular weight is 173 g/mol. The molecule has 0 spiro atoms. The van der Waals surface area contributed by atoms with Crippen molar-refractivity contribution in [3.63, 3.8) is 0 Å². The lowest BCUT2D eigenvalue weighted by Gasteiger charge is -1.92. The Kier molecular flexibility index (Phi) is 2.13. The van der Waals surface area contributed by atoms with Crippen LogP contribution in [0.25, 0.3) is 11.5 Å². The van der Waals surface area contributed by atoms with Crippen molar-refractivity contribution in [2.45, 2.75) is 13.3 Å². The number of nitrogens with zero attached hydrogens (tertiary/aromatic N) is 1. The van der Waals surface area contributed by atoms with E-state index in [1.54, 1.807) is 6.20 Å². The molecule has 0 aliphatic heterocycles. The topological polar surface area (TPSA) is 26.0 Å². The molecule has 1 aromatic heterocycles. The molecule has 1 aromatic carbocycles. The summed E-state index contributed by atoms with van der Waals surface area (Å²) in [6, 6.07) is 9.92. The quantitative estimate of drug-likeness (QED) is 0.697. The molecule has 0 saturated carbocycles. The van der Waals surface area contributed by atoms with Crippen molar-refractivity contribution in [1.29, 1.82) is 0 Å². The normalized spacial score (nSPS) is 10.2. The van der Waals surface area contributed by atoms with Gasteiger partial charge in [-0.25, -0.2) is 4.98 Å². The fourth-order valence-electron chi connectivity index (χ4n) is 1.19. The van der Waals surface area contributed by atoms with E-state index in [0.717, 1.165) is 17.7 Å². The summed E-state index contributed by atoms with van der Waals surface area (Å²) in [6.45, 7) is 2.05. The summed E-state index contributed by atoms with van der Waals surface area (Å²) in [6.07, 6.45) is 2.67. The van der Waals surface area contributed by atoms with Crippen molar-refractivity contribution in [3.05, 3.63) is 42.3 Å². The van der Waals surface area contributed by atoms with Crippen LogP contribution in [0.5, 0.6) is 0 Å². The van der Waals surface area contributed by atoms with E-state index in [-0.39, 0.29) is 0 Å². The van der Waals surface area contributed by atoms with Crippen molar-refractivity contribution < 1.29 is 4.42 Å². The SMILES string of the molecule is CCc1cnc(-c2ccccc2)o1. The summed E-state index contributed by atoms with van der Waals surface area (Å²) >= 11 is 0. The summed E-state index contributed by atoms with van der Waals surface area (Å²) in [7, 11) is 0. The van der Waals surface area contributed by atoms with E-state index < -0.39 is 0 Å². The van der Waals surface area contributed by atoms with Crippen LogP contribution < -0.4 is 0 Å². The molecule has 0 atom stereocenters. The van der Waals surface area contributed by atoms with Crippen LogP contribution in [0.2, 0.25) is 0 Å². The van der Waals surface area contributed by atoms with Gasteiger partial charge in [-0.2, -0.15) is 0 Å². The van der Waals surface area contributed by atoms with Crippen LogP contribution in [0.15, 0.2) is 40.9 Å². The molecule has 0 fully saturated rings. The molecule has 2 aromatic rings. The average Bonchev–Trinajstić information content (AvgIpc) is 2.67. The van der Waals surface area contributed by atoms with Crippen molar-refractivity contribution in [1.82, 2.24) is 4.98 Å². The highest BCUT2D eigenvalue weighted by Crippen LogP contribution is 2.18. The van der Waals surface area contributed by atoms with Crippen molar-refractivity contribution in [2.75, 3.05) is 0 Å². The van der Waals surface area contributed by atoms with Crippen LogP contribution in [-0.2, 0) is 6.42 Å². The molecule has 66 valence electrons. The molecule has 0 unspecified atom stereocenters. The molecule has 2 nitrogen and oxygen atoms in total. The Labute approximate surface area is 77.2 Å². The minimum atomic E-state index is 0.706. The second kappa shape index (κ2) is 3.44. The van der Waals surface area contributed by atoms with E-state index >= 15 is 0 Å². The van der Waals surface area contributed by atoms with Gasteiger partial charge in [0, 0.05) is 12.0 Å². The second-order valence-electron chi connectivity index (χ2n) is 2.85. The first kappa shape index (κ1) is 8.05. The predicted molar refractivity (Wildman–Crippen MR) is 51.3 cm³/mol. The Bertz CT molecular complexity index is 378. The van der Waals surface area contributed by atoms with Crippen LogP contribution in [0.1, 0.15) is 12.7 Å². The number of rotatable bonds is 2. The van der Waals surface area contributed by atoms with Crippen molar-refractivity contribution in [3.8, 4) is 11.5 Å². The first-order chi connectivity index (χ1) is 6.40. The largest absolute Gasteiger partial charge is 0.441 e. The molecule has 2 heteroatoms. The van der Waals surface area contributed by atoms with Crippen LogP contribution in [0.4, 0.5) is 0 Å². The van der Waals surface area contributed by atoms with Gasteiger partial charge in [0.15, 0.2) is 0 Å². The summed E-state index contributed by atoms with van der Waals surface area (Å²) in [5.41, 5.74) is 1.03. The van der Waals surface area contributed by atoms with Gasteiger partial charge in [-0.15, -0.1) is 0 Å². The lowest BCUT2D eigenvalue weighted by molar-refractivity contribution is 0.524. The van der Waals surface area contributed by atoms with Crippen molar-refractivity contribution >= 4 is 0 Å². The van der Waals surface area contributed by atoms with E-state index in [4.69, 9.17) is 4.42 Å². The monoisotopic (exact) mass is 173 g/mol. The van der Waals surface area contributed by atoms with Crippen LogP contribution in [0.3, 0.4) is 0 Å². The molecule has 0 N–H and O–H groups in total. The zero-order valence-electron chi connectivity index (χ0n) is 7.53. The molecule has 0 bridgehead atoms. The van der Waals surface area contributed by atoms with Gasteiger partial charge < -0.3 is 4.42 Å². The minimum absolute atomic E-state index is 0.706. The standard InChI is InChI=1S/C11H11NO/c1-2-10-8-12-11(13-10)9-6-4-3-5-7-9/h3-8H,2H2,1H3. The molecule has 0 saturated heterocycles. The molecule has 0 amide bonds. The number of aromatic nitrogens is 1. The molecule has 2 rings (SSSR count). The number of hydrogen-bond acceptors (Lipinski definition) is 2. The predicted octanol–water partition coefficient (Wildman–Crippen LogP) is 2.90. The Morgan fingerprint density at radius 3 is 2.62 bits per heavy atom. The van der Waals surface area contributed by atoms with Gasteiger partial charge in [0.1, 0.15) is 5.76 Å². The van der Waals surface area contributed by atoms with Gasteiger partial charge in [0.05, 0.1) is 6.20 Å². The van der Waals surface area contributed by atoms with Crippen LogP contribution in [0, 0.1) is 0 Å². The van der Waals surface area contributed by atoms with Gasteiger partial charge in [0.2, 0.25) is 5.89 Å². The zero-order chi connectivity index (χ0) is 9.10. The van der Waals surface area contributed by atoms with Gasteiger partial charge in [-0.3, -0.25) is 0 Å². The number of benzene rings is 1. The highest BCUT2D eigenvalue weighted by Gasteiger charge is 2.03. The summed E-state index contributed by atoms with van der Waals surface area (Å²) < 4.78 is 5.51. The van der Waals surface area contributed by atoms with E-state index in [2.05, 4.69) is 11.9 Å². The number of oxazole rings is 1. The van der Waals surface area contributed by atoms with Crippen LogP contribution in [-0.4, -0.2) is 4.98 Å². The molecule has 1 heterocycles. The maximum absolute atomic E-state index is 5.51. The Morgan fingerprint density at radius 1 is 1.23 bits per heavy atom. The van der Waals surface area contributed by atoms with Crippen LogP contribution >= 0.6 is 0 Å². The third-order valence-corrected chi connectivity index (χ3v) is 1.92. The highest BCUT2D eigenvalue weighted by atomic mass is 16.4. The third kappa shape index (κ3) is 1.61. The number of aryl methyl sites for hydroxylation is 1. The highest BCUT2D eigenvalue weighted by molar-refractivity contribution is 5.52. The second-order valence-corrected chi connectivity index (χ2v) is 2.85. The molecular formula is C11H11NO. The molecule has 0 aliphatic rings. The summed E-state index contributed by atoms with van der Waals surface area (Å²) in [5, 5.41) is 0. The minimum Gasteiger partial charge on any atom is -0.441 e. The van der Waals surface area contributed by atoms with E-state index in [1.807, 2.05) is 30.3 Å². The lowest BCUT2D eigenvalue weighted by atomic mass is 10.2. The maximum atomic E-state index is 5.51. The smallest absolute Gasteiger partial charge is 0.226 e. The fraction of sp³-hybridized carbons (Fsp3) is 0.182. The van der Waals surface area contributed by atoms with E-state index in [9.17, 15) is 0 Å². The summed E-state index contributed by atoms with van der Waals surface area (Å²) in [4.78, 5) is 4.19. The first-order valence-electron chi connectivity index (χ1n) is 4.40.